The van der Waals surface area contributed by atoms with Crippen molar-refractivity contribution in [2.24, 2.45) is 0 Å². The molecular formula is C19H21Cl2FN2O4S. The second-order valence-electron chi connectivity index (χ2n) is 6.40. The van der Waals surface area contributed by atoms with Gasteiger partial charge >= 0.3 is 0 Å². The molecule has 2 aromatic rings. The van der Waals surface area contributed by atoms with Crippen LogP contribution >= 0.6 is 23.2 Å². The molecule has 6 nitrogen and oxygen atoms in total. The van der Waals surface area contributed by atoms with Crippen molar-refractivity contribution in [3.05, 3.63) is 57.8 Å². The minimum Gasteiger partial charge on any atom is -0.379 e. The van der Waals surface area contributed by atoms with E-state index < -0.39 is 21.7 Å². The average molecular weight is 463 g/mol. The molecule has 0 aliphatic rings. The van der Waals surface area contributed by atoms with Gasteiger partial charge in [0, 0.05) is 18.8 Å². The molecule has 2 aromatic carbocycles. The lowest BCUT2D eigenvalue weighted by molar-refractivity contribution is 0.0757. The summed E-state index contributed by atoms with van der Waals surface area (Å²) in [6.07, 6.45) is 0.685. The van der Waals surface area contributed by atoms with Gasteiger partial charge in [-0.05, 0) is 56.7 Å². The number of benzene rings is 2. The Bertz CT molecular complexity index is 967. The highest BCUT2D eigenvalue weighted by Crippen LogP contribution is 2.30. The van der Waals surface area contributed by atoms with Crippen molar-refractivity contribution in [2.75, 3.05) is 17.9 Å². The second kappa shape index (κ2) is 10.2. The van der Waals surface area contributed by atoms with Gasteiger partial charge < -0.3 is 10.1 Å². The Labute approximate surface area is 179 Å². The van der Waals surface area contributed by atoms with Crippen LogP contribution in [0.4, 0.5) is 10.1 Å². The van der Waals surface area contributed by atoms with Gasteiger partial charge in [0.2, 0.25) is 0 Å². The molecule has 0 aromatic heterocycles. The quantitative estimate of drug-likeness (QED) is 0.538. The minimum atomic E-state index is -4.13. The number of rotatable bonds is 9. The van der Waals surface area contributed by atoms with Crippen molar-refractivity contribution < 1.29 is 22.3 Å². The summed E-state index contributed by atoms with van der Waals surface area (Å²) < 4.78 is 46.0. The number of sulfonamides is 1. The van der Waals surface area contributed by atoms with E-state index in [1.54, 1.807) is 0 Å². The molecule has 0 bridgehead atoms. The summed E-state index contributed by atoms with van der Waals surface area (Å²) in [6, 6.07) is 7.06. The zero-order chi connectivity index (χ0) is 21.6. The summed E-state index contributed by atoms with van der Waals surface area (Å²) >= 11 is 12.1. The maximum atomic E-state index is 13.0. The predicted molar refractivity (Wildman–Crippen MR) is 112 cm³/mol. The van der Waals surface area contributed by atoms with Gasteiger partial charge in [-0.2, -0.15) is 0 Å². The molecule has 1 amide bonds. The maximum absolute atomic E-state index is 13.0. The molecule has 0 unspecified atom stereocenters. The SMILES string of the molecule is CC(C)OCCCNC(=O)c1cc(S(=O)(=O)Nc2ccc(F)cc2)c(Cl)cc1Cl. The van der Waals surface area contributed by atoms with Gasteiger partial charge in [0.1, 0.15) is 10.7 Å². The number of carbonyl (C=O) groups excluding carboxylic acids is 1. The van der Waals surface area contributed by atoms with Crippen LogP contribution in [0.25, 0.3) is 0 Å². The van der Waals surface area contributed by atoms with Gasteiger partial charge in [-0.25, -0.2) is 12.8 Å². The van der Waals surface area contributed by atoms with Crippen molar-refractivity contribution in [1.29, 1.82) is 0 Å². The maximum Gasteiger partial charge on any atom is 0.263 e. The van der Waals surface area contributed by atoms with Crippen LogP contribution in [0.3, 0.4) is 0 Å². The first-order chi connectivity index (χ1) is 13.6. The highest BCUT2D eigenvalue weighted by Gasteiger charge is 2.23. The van der Waals surface area contributed by atoms with E-state index >= 15 is 0 Å². The van der Waals surface area contributed by atoms with Crippen LogP contribution in [0.2, 0.25) is 10.0 Å². The molecule has 0 heterocycles. The Morgan fingerprint density at radius 2 is 1.79 bits per heavy atom. The second-order valence-corrected chi connectivity index (χ2v) is 8.87. The van der Waals surface area contributed by atoms with Crippen LogP contribution in [0.15, 0.2) is 41.3 Å². The van der Waals surface area contributed by atoms with E-state index in [2.05, 4.69) is 10.0 Å². The van der Waals surface area contributed by atoms with E-state index in [9.17, 15) is 17.6 Å². The first kappa shape index (κ1) is 23.4. The highest BCUT2D eigenvalue weighted by molar-refractivity contribution is 7.92. The van der Waals surface area contributed by atoms with Gasteiger partial charge in [0.25, 0.3) is 15.9 Å². The molecule has 0 fully saturated rings. The van der Waals surface area contributed by atoms with Gasteiger partial charge in [-0.15, -0.1) is 0 Å². The van der Waals surface area contributed by atoms with Crippen molar-refractivity contribution in [3.63, 3.8) is 0 Å². The number of hydrogen-bond acceptors (Lipinski definition) is 4. The highest BCUT2D eigenvalue weighted by atomic mass is 35.5. The summed E-state index contributed by atoms with van der Waals surface area (Å²) in [5.41, 5.74) is 0.119. The molecule has 2 N–H and O–H groups in total. The fraction of sp³-hybridized carbons (Fsp3) is 0.316. The number of nitrogens with one attached hydrogen (secondary N) is 2. The lowest BCUT2D eigenvalue weighted by atomic mass is 10.2. The van der Waals surface area contributed by atoms with E-state index in [1.165, 1.54) is 18.2 Å². The van der Waals surface area contributed by atoms with E-state index in [0.29, 0.717) is 19.6 Å². The summed E-state index contributed by atoms with van der Waals surface area (Å²) in [6.45, 7) is 4.63. The third kappa shape index (κ3) is 6.85. The van der Waals surface area contributed by atoms with Crippen LogP contribution in [0, 0.1) is 5.82 Å². The largest absolute Gasteiger partial charge is 0.379 e. The zero-order valence-corrected chi connectivity index (χ0v) is 18.2. The van der Waals surface area contributed by atoms with Gasteiger partial charge in [-0.1, -0.05) is 23.2 Å². The van der Waals surface area contributed by atoms with E-state index in [0.717, 1.165) is 18.2 Å². The zero-order valence-electron chi connectivity index (χ0n) is 15.8. The van der Waals surface area contributed by atoms with E-state index in [1.807, 2.05) is 13.8 Å². The normalized spacial score (nSPS) is 11.5. The molecule has 0 atom stereocenters. The fourth-order valence-electron chi connectivity index (χ4n) is 2.33. The van der Waals surface area contributed by atoms with Crippen molar-refractivity contribution in [3.8, 4) is 0 Å². The monoisotopic (exact) mass is 462 g/mol. The number of anilines is 1. The van der Waals surface area contributed by atoms with Crippen LogP contribution in [-0.4, -0.2) is 33.6 Å². The van der Waals surface area contributed by atoms with E-state index in [4.69, 9.17) is 27.9 Å². The Kier molecular flexibility index (Phi) is 8.27. The molecule has 0 saturated carbocycles. The Morgan fingerprint density at radius 1 is 1.14 bits per heavy atom. The first-order valence-corrected chi connectivity index (χ1v) is 11.0. The number of halogens is 3. The molecule has 29 heavy (non-hydrogen) atoms. The van der Waals surface area contributed by atoms with E-state index in [-0.39, 0.29) is 32.3 Å². The van der Waals surface area contributed by atoms with Crippen molar-refractivity contribution in [1.82, 2.24) is 5.32 Å². The minimum absolute atomic E-state index is 0.0201. The van der Waals surface area contributed by atoms with Gasteiger partial charge in [-0.3, -0.25) is 9.52 Å². The summed E-state index contributed by atoms with van der Waals surface area (Å²) in [5.74, 6) is -1.04. The average Bonchev–Trinajstić information content (AvgIpc) is 2.62. The Hall–Kier alpha value is -1.87. The molecule has 10 heteroatoms. The number of ether oxygens (including phenoxy) is 1. The Morgan fingerprint density at radius 3 is 2.41 bits per heavy atom. The number of hydrogen-bond donors (Lipinski definition) is 2. The summed E-state index contributed by atoms with van der Waals surface area (Å²) in [4.78, 5) is 12.1. The molecule has 0 aliphatic heterocycles. The number of carbonyl (C=O) groups is 1. The lowest BCUT2D eigenvalue weighted by Gasteiger charge is -2.13. The molecule has 0 saturated heterocycles. The third-order valence-electron chi connectivity index (χ3n) is 3.71. The van der Waals surface area contributed by atoms with Gasteiger partial charge in [0.15, 0.2) is 0 Å². The molecular weight excluding hydrogens is 442 g/mol. The smallest absolute Gasteiger partial charge is 0.263 e. The standard InChI is InChI=1S/C19H21Cl2FN2O4S/c1-12(2)28-9-3-8-23-19(25)15-10-18(17(21)11-16(15)20)29(26,27)24-14-6-4-13(22)5-7-14/h4-7,10-12,24H,3,8-9H2,1-2H3,(H,23,25). The lowest BCUT2D eigenvalue weighted by Crippen LogP contribution is -2.26. The molecule has 0 radical (unpaired) electrons. The van der Waals surface area contributed by atoms with Crippen LogP contribution in [0.5, 0.6) is 0 Å². The Balaban J connectivity index is 2.17. The molecule has 0 spiro atoms. The predicted octanol–water partition coefficient (Wildman–Crippen LogP) is 4.48. The first-order valence-electron chi connectivity index (χ1n) is 8.77. The van der Waals surface area contributed by atoms with Crippen LogP contribution < -0.4 is 10.0 Å². The molecule has 0 aliphatic carbocycles. The molecule has 2 rings (SSSR count). The van der Waals surface area contributed by atoms with Crippen LogP contribution in [0.1, 0.15) is 30.6 Å². The fourth-order valence-corrected chi connectivity index (χ4v) is 4.24. The van der Waals surface area contributed by atoms with Crippen molar-refractivity contribution in [2.45, 2.75) is 31.3 Å². The van der Waals surface area contributed by atoms with Gasteiger partial charge in [0.05, 0.1) is 21.7 Å². The molecule has 158 valence electrons. The summed E-state index contributed by atoms with van der Waals surface area (Å²) in [7, 11) is -4.13. The van der Waals surface area contributed by atoms with Crippen LogP contribution in [-0.2, 0) is 14.8 Å². The third-order valence-corrected chi connectivity index (χ3v) is 5.87. The number of amides is 1. The topological polar surface area (TPSA) is 84.5 Å². The van der Waals surface area contributed by atoms with Crippen molar-refractivity contribution >= 4 is 44.8 Å². The summed E-state index contributed by atoms with van der Waals surface area (Å²) in [5, 5.41) is 2.54.